The summed E-state index contributed by atoms with van der Waals surface area (Å²) < 4.78 is 0. The molecule has 2 aromatic carbocycles. The molecular formula is C16H14Cl2N2S. The number of benzene rings is 2. The number of aryl methyl sites for hydroxylation is 1. The molecule has 1 N–H and O–H groups in total. The summed E-state index contributed by atoms with van der Waals surface area (Å²) in [6.45, 7) is 4.14. The van der Waals surface area contributed by atoms with Crippen molar-refractivity contribution in [3.05, 3.63) is 69.2 Å². The van der Waals surface area contributed by atoms with Crippen molar-refractivity contribution in [2.24, 2.45) is 5.10 Å². The highest BCUT2D eigenvalue weighted by atomic mass is 35.5. The first kappa shape index (κ1) is 14.8. The fourth-order valence-corrected chi connectivity index (χ4v) is 3.97. The van der Waals surface area contributed by atoms with Gasteiger partial charge in [0.25, 0.3) is 0 Å². The summed E-state index contributed by atoms with van der Waals surface area (Å²) in [6, 6.07) is 13.9. The maximum absolute atomic E-state index is 6.33. The number of hydrazone groups is 1. The van der Waals surface area contributed by atoms with Crippen molar-refractivity contribution < 1.29 is 0 Å². The van der Waals surface area contributed by atoms with Crippen LogP contribution >= 0.6 is 35.0 Å². The molecule has 0 saturated carbocycles. The average Bonchev–Trinajstić information content (AvgIpc) is 2.83. The van der Waals surface area contributed by atoms with Gasteiger partial charge in [-0.3, -0.25) is 5.43 Å². The van der Waals surface area contributed by atoms with Crippen molar-refractivity contribution in [3.8, 4) is 0 Å². The van der Waals surface area contributed by atoms with Crippen LogP contribution in [0.25, 0.3) is 0 Å². The zero-order valence-corrected chi connectivity index (χ0v) is 14.0. The Balaban J connectivity index is 1.88. The number of hydrogen-bond acceptors (Lipinski definition) is 3. The van der Waals surface area contributed by atoms with E-state index >= 15 is 0 Å². The lowest BCUT2D eigenvalue weighted by Crippen LogP contribution is -2.29. The van der Waals surface area contributed by atoms with Gasteiger partial charge in [0.1, 0.15) is 9.91 Å². The van der Waals surface area contributed by atoms with Gasteiger partial charge in [-0.2, -0.15) is 5.10 Å². The van der Waals surface area contributed by atoms with Crippen LogP contribution in [0.1, 0.15) is 23.6 Å². The SMILES string of the molecule is Cc1ccc(C2=NNC(C)(c3ccc(Cl)cc3Cl)S2)cc1. The van der Waals surface area contributed by atoms with Gasteiger partial charge in [-0.25, -0.2) is 0 Å². The number of nitrogens with one attached hydrogen (secondary N) is 1. The molecule has 3 rings (SSSR count). The van der Waals surface area contributed by atoms with E-state index in [0.717, 1.165) is 16.2 Å². The van der Waals surface area contributed by atoms with Gasteiger partial charge >= 0.3 is 0 Å². The van der Waals surface area contributed by atoms with Crippen molar-refractivity contribution in [1.29, 1.82) is 0 Å². The molecule has 0 radical (unpaired) electrons. The van der Waals surface area contributed by atoms with Crippen molar-refractivity contribution >= 4 is 40.0 Å². The largest absolute Gasteiger partial charge is 0.288 e. The second-order valence-electron chi connectivity index (χ2n) is 5.15. The fraction of sp³-hybridized carbons (Fsp3) is 0.188. The third kappa shape index (κ3) is 2.91. The van der Waals surface area contributed by atoms with Gasteiger partial charge in [-0.15, -0.1) is 0 Å². The number of rotatable bonds is 2. The third-order valence-corrected chi connectivity index (χ3v) is 5.20. The Labute approximate surface area is 138 Å². The van der Waals surface area contributed by atoms with E-state index in [1.165, 1.54) is 5.56 Å². The summed E-state index contributed by atoms with van der Waals surface area (Å²) in [6.07, 6.45) is 0. The van der Waals surface area contributed by atoms with Crippen molar-refractivity contribution in [2.75, 3.05) is 0 Å². The van der Waals surface area contributed by atoms with Gasteiger partial charge in [-0.1, -0.05) is 70.9 Å². The maximum Gasteiger partial charge on any atom is 0.130 e. The predicted molar refractivity (Wildman–Crippen MR) is 92.3 cm³/mol. The molecule has 0 aliphatic carbocycles. The molecule has 21 heavy (non-hydrogen) atoms. The van der Waals surface area contributed by atoms with Crippen LogP contribution in [-0.4, -0.2) is 5.04 Å². The Morgan fingerprint density at radius 3 is 2.48 bits per heavy atom. The molecule has 0 amide bonds. The molecule has 1 atom stereocenters. The molecule has 0 fully saturated rings. The molecule has 0 bridgehead atoms. The van der Waals surface area contributed by atoms with Crippen LogP contribution in [0.5, 0.6) is 0 Å². The lowest BCUT2D eigenvalue weighted by atomic mass is 10.1. The lowest BCUT2D eigenvalue weighted by Gasteiger charge is -2.24. The van der Waals surface area contributed by atoms with Crippen LogP contribution in [0.15, 0.2) is 47.6 Å². The summed E-state index contributed by atoms with van der Waals surface area (Å²) in [7, 11) is 0. The molecule has 1 aliphatic heterocycles. The first-order valence-corrected chi connectivity index (χ1v) is 8.12. The van der Waals surface area contributed by atoms with E-state index < -0.39 is 0 Å². The van der Waals surface area contributed by atoms with Crippen LogP contribution < -0.4 is 5.43 Å². The highest BCUT2D eigenvalue weighted by Gasteiger charge is 2.36. The molecular weight excluding hydrogens is 323 g/mol. The smallest absolute Gasteiger partial charge is 0.130 e. The highest BCUT2D eigenvalue weighted by molar-refractivity contribution is 8.15. The minimum Gasteiger partial charge on any atom is -0.288 e. The van der Waals surface area contributed by atoms with E-state index in [4.69, 9.17) is 23.2 Å². The van der Waals surface area contributed by atoms with E-state index in [0.29, 0.717) is 10.0 Å². The topological polar surface area (TPSA) is 24.4 Å². The Bertz CT molecular complexity index is 713. The van der Waals surface area contributed by atoms with Gasteiger partial charge in [-0.05, 0) is 26.0 Å². The van der Waals surface area contributed by atoms with Gasteiger partial charge in [0, 0.05) is 21.2 Å². The third-order valence-electron chi connectivity index (χ3n) is 3.42. The highest BCUT2D eigenvalue weighted by Crippen LogP contribution is 2.43. The van der Waals surface area contributed by atoms with E-state index in [-0.39, 0.29) is 4.87 Å². The second kappa shape index (κ2) is 5.56. The normalized spacial score (nSPS) is 21.0. The zero-order chi connectivity index (χ0) is 15.0. The van der Waals surface area contributed by atoms with Crippen LogP contribution in [0.3, 0.4) is 0 Å². The summed E-state index contributed by atoms with van der Waals surface area (Å²) >= 11 is 13.9. The van der Waals surface area contributed by atoms with E-state index in [2.05, 4.69) is 48.6 Å². The Morgan fingerprint density at radius 2 is 1.81 bits per heavy atom. The van der Waals surface area contributed by atoms with Crippen molar-refractivity contribution in [1.82, 2.24) is 5.43 Å². The molecule has 2 nitrogen and oxygen atoms in total. The fourth-order valence-electron chi connectivity index (χ4n) is 2.21. The molecule has 108 valence electrons. The standard InChI is InChI=1S/C16H14Cl2N2S/c1-10-3-5-11(6-4-10)15-19-20-16(2,21-15)13-8-7-12(17)9-14(13)18/h3-9,20H,1-2H3. The summed E-state index contributed by atoms with van der Waals surface area (Å²) in [5, 5.41) is 6.71. The molecule has 0 spiro atoms. The summed E-state index contributed by atoms with van der Waals surface area (Å²) in [4.78, 5) is -0.387. The number of hydrogen-bond donors (Lipinski definition) is 1. The lowest BCUT2D eigenvalue weighted by molar-refractivity contribution is 0.563. The quantitative estimate of drug-likeness (QED) is 0.817. The molecule has 1 heterocycles. The molecule has 0 saturated heterocycles. The van der Waals surface area contributed by atoms with Crippen LogP contribution in [0.4, 0.5) is 0 Å². The number of thioether (sulfide) groups is 1. The van der Waals surface area contributed by atoms with E-state index in [9.17, 15) is 0 Å². The monoisotopic (exact) mass is 336 g/mol. The van der Waals surface area contributed by atoms with E-state index in [1.807, 2.05) is 12.1 Å². The molecule has 2 aromatic rings. The average molecular weight is 337 g/mol. The van der Waals surface area contributed by atoms with E-state index in [1.54, 1.807) is 17.8 Å². The van der Waals surface area contributed by atoms with Gasteiger partial charge in [0.05, 0.1) is 0 Å². The molecule has 1 unspecified atom stereocenters. The Morgan fingerprint density at radius 1 is 1.10 bits per heavy atom. The number of nitrogens with zero attached hydrogens (tertiary/aromatic N) is 1. The van der Waals surface area contributed by atoms with Gasteiger partial charge in [0.2, 0.25) is 0 Å². The van der Waals surface area contributed by atoms with Crippen LogP contribution in [0, 0.1) is 6.92 Å². The van der Waals surface area contributed by atoms with Crippen molar-refractivity contribution in [2.45, 2.75) is 18.7 Å². The summed E-state index contributed by atoms with van der Waals surface area (Å²) in [5.74, 6) is 0. The van der Waals surface area contributed by atoms with Crippen LogP contribution in [0.2, 0.25) is 10.0 Å². The van der Waals surface area contributed by atoms with Gasteiger partial charge in [0.15, 0.2) is 0 Å². The minimum atomic E-state index is -0.387. The molecule has 0 aromatic heterocycles. The zero-order valence-electron chi connectivity index (χ0n) is 11.7. The maximum atomic E-state index is 6.33. The Hall–Kier alpha value is -1.16. The molecule has 1 aliphatic rings. The first-order valence-electron chi connectivity index (χ1n) is 6.54. The summed E-state index contributed by atoms with van der Waals surface area (Å²) in [5.41, 5.74) is 6.51. The van der Waals surface area contributed by atoms with Gasteiger partial charge < -0.3 is 0 Å². The predicted octanol–water partition coefficient (Wildman–Crippen LogP) is 5.17. The number of halogens is 2. The minimum absolute atomic E-state index is 0.387. The second-order valence-corrected chi connectivity index (χ2v) is 7.41. The first-order chi connectivity index (χ1) is 9.98. The van der Waals surface area contributed by atoms with Crippen molar-refractivity contribution in [3.63, 3.8) is 0 Å². The van der Waals surface area contributed by atoms with Crippen LogP contribution in [-0.2, 0) is 4.87 Å². The Kier molecular flexibility index (Phi) is 3.91. The molecule has 5 heteroatoms.